The van der Waals surface area contributed by atoms with Crippen LogP contribution in [0, 0.1) is 11.3 Å². The zero-order chi connectivity index (χ0) is 14.9. The number of unbranched alkanes of at least 4 members (excludes halogenated alkanes) is 1. The van der Waals surface area contributed by atoms with Crippen LogP contribution in [0.3, 0.4) is 0 Å². The van der Waals surface area contributed by atoms with Crippen LogP contribution in [0.4, 0.5) is 17.1 Å². The van der Waals surface area contributed by atoms with Crippen LogP contribution >= 0.6 is 0 Å². The molecule has 0 bridgehead atoms. The Hall–Kier alpha value is -2.67. The highest BCUT2D eigenvalue weighted by Gasteiger charge is 1.94. The van der Waals surface area contributed by atoms with E-state index < -0.39 is 0 Å². The number of anilines is 1. The Morgan fingerprint density at radius 1 is 0.952 bits per heavy atom. The summed E-state index contributed by atoms with van der Waals surface area (Å²) >= 11 is 0. The summed E-state index contributed by atoms with van der Waals surface area (Å²) in [5.41, 5.74) is 3.26. The first-order valence-corrected chi connectivity index (χ1v) is 7.07. The van der Waals surface area contributed by atoms with Gasteiger partial charge in [-0.1, -0.05) is 13.3 Å². The molecule has 0 heterocycles. The Morgan fingerprint density at radius 3 is 2.05 bits per heavy atom. The molecule has 0 saturated carbocycles. The van der Waals surface area contributed by atoms with Crippen molar-refractivity contribution in [3.63, 3.8) is 0 Å². The van der Waals surface area contributed by atoms with Crippen LogP contribution in [0.25, 0.3) is 0 Å². The number of hydrogen-bond donors (Lipinski definition) is 1. The van der Waals surface area contributed by atoms with E-state index in [9.17, 15) is 0 Å². The smallest absolute Gasteiger partial charge is 0.0991 e. The normalized spacial score (nSPS) is 10.5. The molecule has 2 aromatic rings. The zero-order valence-electron chi connectivity index (χ0n) is 12.1. The molecule has 0 aliphatic heterocycles. The fourth-order valence-electron chi connectivity index (χ4n) is 1.77. The Bertz CT molecular complexity index is 621. The van der Waals surface area contributed by atoms with E-state index in [1.54, 1.807) is 24.3 Å². The van der Waals surface area contributed by atoms with Gasteiger partial charge in [-0.2, -0.15) is 15.5 Å². The van der Waals surface area contributed by atoms with E-state index in [2.05, 4.69) is 28.5 Å². The van der Waals surface area contributed by atoms with E-state index in [1.807, 2.05) is 24.3 Å². The lowest BCUT2D eigenvalue weighted by Crippen LogP contribution is -1.99. The molecule has 0 amide bonds. The Morgan fingerprint density at radius 2 is 1.52 bits per heavy atom. The molecule has 0 radical (unpaired) electrons. The van der Waals surface area contributed by atoms with Gasteiger partial charge < -0.3 is 5.32 Å². The molecule has 0 unspecified atom stereocenters. The van der Waals surface area contributed by atoms with Crippen molar-refractivity contribution < 1.29 is 0 Å². The quantitative estimate of drug-likeness (QED) is 0.584. The Balaban J connectivity index is 1.95. The average molecular weight is 278 g/mol. The molecule has 21 heavy (non-hydrogen) atoms. The van der Waals surface area contributed by atoms with Gasteiger partial charge in [0.05, 0.1) is 23.0 Å². The predicted octanol–water partition coefficient (Wildman–Crippen LogP) is 5.19. The van der Waals surface area contributed by atoms with E-state index in [-0.39, 0.29) is 0 Å². The largest absolute Gasteiger partial charge is 0.385 e. The average Bonchev–Trinajstić information content (AvgIpc) is 2.55. The van der Waals surface area contributed by atoms with E-state index in [0.717, 1.165) is 23.6 Å². The standard InChI is InChI=1S/C17H18N4/c1-2-3-12-19-15-8-10-17(11-9-15)21-20-16-6-4-14(13-18)5-7-16/h4-11,19H,2-3,12H2,1H3. The van der Waals surface area contributed by atoms with Crippen molar-refractivity contribution in [3.8, 4) is 6.07 Å². The Kier molecular flexibility index (Phi) is 5.48. The molecule has 2 aromatic carbocycles. The summed E-state index contributed by atoms with van der Waals surface area (Å²) in [6.07, 6.45) is 2.35. The highest BCUT2D eigenvalue weighted by atomic mass is 15.1. The van der Waals surface area contributed by atoms with E-state index in [4.69, 9.17) is 5.26 Å². The minimum Gasteiger partial charge on any atom is -0.385 e. The third-order valence-electron chi connectivity index (χ3n) is 3.00. The van der Waals surface area contributed by atoms with Crippen LogP contribution in [0.2, 0.25) is 0 Å². The molecule has 2 rings (SSSR count). The molecule has 4 nitrogen and oxygen atoms in total. The maximum absolute atomic E-state index is 8.73. The van der Waals surface area contributed by atoms with Gasteiger partial charge in [0.2, 0.25) is 0 Å². The van der Waals surface area contributed by atoms with Gasteiger partial charge in [0, 0.05) is 12.2 Å². The maximum atomic E-state index is 8.73. The van der Waals surface area contributed by atoms with Crippen LogP contribution in [0.5, 0.6) is 0 Å². The van der Waals surface area contributed by atoms with Crippen molar-refractivity contribution >= 4 is 17.1 Å². The minimum atomic E-state index is 0.622. The van der Waals surface area contributed by atoms with E-state index in [1.165, 1.54) is 12.8 Å². The summed E-state index contributed by atoms with van der Waals surface area (Å²) in [7, 11) is 0. The molecule has 0 fully saturated rings. The minimum absolute atomic E-state index is 0.622. The van der Waals surface area contributed by atoms with Gasteiger partial charge in [0.15, 0.2) is 0 Å². The van der Waals surface area contributed by atoms with Crippen LogP contribution in [-0.4, -0.2) is 6.54 Å². The van der Waals surface area contributed by atoms with Gasteiger partial charge in [-0.25, -0.2) is 0 Å². The lowest BCUT2D eigenvalue weighted by atomic mass is 10.2. The molecule has 106 valence electrons. The first kappa shape index (κ1) is 14.7. The number of nitrogens with one attached hydrogen (secondary N) is 1. The first-order chi connectivity index (χ1) is 10.3. The zero-order valence-corrected chi connectivity index (χ0v) is 12.1. The summed E-state index contributed by atoms with van der Waals surface area (Å²) in [4.78, 5) is 0. The van der Waals surface area contributed by atoms with Crippen LogP contribution in [-0.2, 0) is 0 Å². The second kappa shape index (κ2) is 7.81. The molecule has 0 saturated heterocycles. The molecular weight excluding hydrogens is 260 g/mol. The molecule has 4 heteroatoms. The number of azo groups is 1. The van der Waals surface area contributed by atoms with Gasteiger partial charge in [0.1, 0.15) is 0 Å². The summed E-state index contributed by atoms with van der Waals surface area (Å²) in [5.74, 6) is 0. The summed E-state index contributed by atoms with van der Waals surface area (Å²) in [6, 6.07) is 17.0. The van der Waals surface area contributed by atoms with Crippen LogP contribution in [0.15, 0.2) is 58.8 Å². The van der Waals surface area contributed by atoms with Crippen molar-refractivity contribution in [3.05, 3.63) is 54.1 Å². The summed E-state index contributed by atoms with van der Waals surface area (Å²) < 4.78 is 0. The Labute approximate surface area is 125 Å². The second-order valence-corrected chi connectivity index (χ2v) is 4.69. The first-order valence-electron chi connectivity index (χ1n) is 7.07. The predicted molar refractivity (Wildman–Crippen MR) is 85.2 cm³/mol. The number of nitrogens with zero attached hydrogens (tertiary/aromatic N) is 3. The van der Waals surface area contributed by atoms with Gasteiger partial charge in [0.25, 0.3) is 0 Å². The number of benzene rings is 2. The monoisotopic (exact) mass is 278 g/mol. The molecule has 0 spiro atoms. The highest BCUT2D eigenvalue weighted by Crippen LogP contribution is 2.20. The van der Waals surface area contributed by atoms with Crippen molar-refractivity contribution in [1.82, 2.24) is 0 Å². The van der Waals surface area contributed by atoms with Crippen molar-refractivity contribution in [2.45, 2.75) is 19.8 Å². The van der Waals surface area contributed by atoms with Crippen LogP contribution in [0.1, 0.15) is 25.3 Å². The third kappa shape index (κ3) is 4.73. The topological polar surface area (TPSA) is 60.5 Å². The molecule has 0 aliphatic rings. The van der Waals surface area contributed by atoms with Crippen molar-refractivity contribution in [2.24, 2.45) is 10.2 Å². The number of nitriles is 1. The maximum Gasteiger partial charge on any atom is 0.0991 e. The fourth-order valence-corrected chi connectivity index (χ4v) is 1.77. The SMILES string of the molecule is CCCCNc1ccc(N=Nc2ccc(C#N)cc2)cc1. The van der Waals surface area contributed by atoms with E-state index >= 15 is 0 Å². The molecule has 1 N–H and O–H groups in total. The van der Waals surface area contributed by atoms with Gasteiger partial charge in [-0.15, -0.1) is 0 Å². The molecular formula is C17H18N4. The van der Waals surface area contributed by atoms with Gasteiger partial charge in [-0.3, -0.25) is 0 Å². The molecule has 0 aromatic heterocycles. The summed E-state index contributed by atoms with van der Waals surface area (Å²) in [5, 5.41) is 20.4. The lowest BCUT2D eigenvalue weighted by Gasteiger charge is -2.04. The van der Waals surface area contributed by atoms with Gasteiger partial charge in [-0.05, 0) is 55.0 Å². The number of rotatable bonds is 6. The molecule has 0 aliphatic carbocycles. The van der Waals surface area contributed by atoms with Gasteiger partial charge >= 0.3 is 0 Å². The highest BCUT2D eigenvalue weighted by molar-refractivity contribution is 5.51. The summed E-state index contributed by atoms with van der Waals surface area (Å²) in [6.45, 7) is 3.16. The van der Waals surface area contributed by atoms with Crippen molar-refractivity contribution in [2.75, 3.05) is 11.9 Å². The third-order valence-corrected chi connectivity index (χ3v) is 3.00. The van der Waals surface area contributed by atoms with E-state index in [0.29, 0.717) is 5.56 Å². The number of hydrogen-bond acceptors (Lipinski definition) is 4. The fraction of sp³-hybridized carbons (Fsp3) is 0.235. The molecule has 0 atom stereocenters. The lowest BCUT2D eigenvalue weighted by molar-refractivity contribution is 0.834. The second-order valence-electron chi connectivity index (χ2n) is 4.69. The van der Waals surface area contributed by atoms with Crippen LogP contribution < -0.4 is 5.32 Å². The van der Waals surface area contributed by atoms with Crippen molar-refractivity contribution in [1.29, 1.82) is 5.26 Å².